The van der Waals surface area contributed by atoms with E-state index in [1.807, 2.05) is 97.5 Å². The van der Waals surface area contributed by atoms with Crippen LogP contribution in [0, 0.1) is 0 Å². The van der Waals surface area contributed by atoms with E-state index < -0.39 is 11.6 Å². The van der Waals surface area contributed by atoms with Gasteiger partial charge in [0.2, 0.25) is 11.8 Å². The number of aromatic nitrogens is 2. The van der Waals surface area contributed by atoms with Crippen molar-refractivity contribution in [2.75, 3.05) is 13.6 Å². The van der Waals surface area contributed by atoms with Gasteiger partial charge in [0.25, 0.3) is 0 Å². The Hall–Kier alpha value is -5.01. The molecular formula is C35H35N5O2. The van der Waals surface area contributed by atoms with E-state index in [0.717, 1.165) is 22.3 Å². The van der Waals surface area contributed by atoms with Gasteiger partial charge < -0.3 is 20.5 Å². The maximum Gasteiger partial charge on any atom is 0.242 e. The van der Waals surface area contributed by atoms with E-state index in [-0.39, 0.29) is 24.8 Å². The molecule has 0 aliphatic heterocycles. The maximum absolute atomic E-state index is 12.8. The lowest BCUT2D eigenvalue weighted by Crippen LogP contribution is -2.49. The molecule has 3 N–H and O–H groups in total. The van der Waals surface area contributed by atoms with Crippen LogP contribution < -0.4 is 16.0 Å². The Kier molecular flexibility index (Phi) is 9.21. The molecule has 0 unspecified atom stereocenters. The summed E-state index contributed by atoms with van der Waals surface area (Å²) in [4.78, 5) is 30.4. The van der Waals surface area contributed by atoms with Gasteiger partial charge in [-0.3, -0.25) is 9.59 Å². The Balaban J connectivity index is 1.43. The molecule has 0 radical (unpaired) electrons. The van der Waals surface area contributed by atoms with Gasteiger partial charge in [0.05, 0.1) is 18.6 Å². The van der Waals surface area contributed by atoms with Crippen LogP contribution in [0.1, 0.15) is 27.9 Å². The first-order valence-corrected chi connectivity index (χ1v) is 14.1. The van der Waals surface area contributed by atoms with Gasteiger partial charge in [-0.25, -0.2) is 4.98 Å². The molecule has 0 bridgehead atoms. The summed E-state index contributed by atoms with van der Waals surface area (Å²) in [6, 6.07) is 40.1. The Morgan fingerprint density at radius 3 is 1.76 bits per heavy atom. The molecule has 1 aromatic heterocycles. The molecular weight excluding hydrogens is 522 g/mol. The highest BCUT2D eigenvalue weighted by molar-refractivity contribution is 5.88. The summed E-state index contributed by atoms with van der Waals surface area (Å²) in [6.45, 7) is 0.653. The van der Waals surface area contributed by atoms with Crippen LogP contribution in [0.4, 0.5) is 0 Å². The topological polar surface area (TPSA) is 88.1 Å². The Morgan fingerprint density at radius 1 is 0.762 bits per heavy atom. The first-order chi connectivity index (χ1) is 20.6. The summed E-state index contributed by atoms with van der Waals surface area (Å²) in [5.74, 6) is -0.535. The molecule has 4 aromatic carbocycles. The molecule has 7 nitrogen and oxygen atoms in total. The molecule has 5 aromatic rings. The number of carbonyl (C=O) groups excluding carboxylic acids is 2. The van der Waals surface area contributed by atoms with Gasteiger partial charge >= 0.3 is 0 Å². The molecule has 42 heavy (non-hydrogen) atoms. The van der Waals surface area contributed by atoms with Gasteiger partial charge in [-0.15, -0.1) is 0 Å². The molecule has 1 atom stereocenters. The largest absolute Gasteiger partial charge is 0.357 e. The van der Waals surface area contributed by atoms with Crippen LogP contribution in [-0.2, 0) is 28.1 Å². The van der Waals surface area contributed by atoms with Crippen molar-refractivity contribution in [3.8, 4) is 0 Å². The number of benzene rings is 4. The molecule has 0 saturated carbocycles. The number of nitrogens with one attached hydrogen (secondary N) is 3. The van der Waals surface area contributed by atoms with Crippen molar-refractivity contribution in [2.45, 2.75) is 24.5 Å². The molecule has 0 aliphatic rings. The molecule has 1 heterocycles. The normalized spacial score (nSPS) is 11.9. The number of likely N-dealkylation sites (N-methyl/N-ethyl adjacent to an activating group) is 1. The second-order valence-electron chi connectivity index (χ2n) is 10.1. The zero-order valence-electron chi connectivity index (χ0n) is 23.6. The fourth-order valence-corrected chi connectivity index (χ4v) is 5.39. The van der Waals surface area contributed by atoms with Crippen molar-refractivity contribution in [2.24, 2.45) is 0 Å². The van der Waals surface area contributed by atoms with Crippen molar-refractivity contribution < 1.29 is 9.59 Å². The van der Waals surface area contributed by atoms with Gasteiger partial charge in [-0.2, -0.15) is 0 Å². The second-order valence-corrected chi connectivity index (χ2v) is 10.1. The summed E-state index contributed by atoms with van der Waals surface area (Å²) in [5, 5.41) is 8.70. The lowest BCUT2D eigenvalue weighted by atomic mass is 9.77. The standard InChI is InChI=1S/C35H35N5O2/c1-36-34(42)32(39-33(41)24-37-23-27-14-6-2-7-15-27)22-31-25-40(26-38-31)35(28-16-8-3-9-17-28,29-18-10-4-11-19-29)30-20-12-5-13-21-30/h2-21,25-26,32,37H,22-24H2,1H3,(H,36,42)(H,39,41)/t32-/m0/s1. The van der Waals surface area contributed by atoms with E-state index in [1.54, 1.807) is 7.05 Å². The van der Waals surface area contributed by atoms with Crippen LogP contribution >= 0.6 is 0 Å². The third kappa shape index (κ3) is 6.32. The predicted octanol–water partition coefficient (Wildman–Crippen LogP) is 4.29. The predicted molar refractivity (Wildman–Crippen MR) is 165 cm³/mol. The van der Waals surface area contributed by atoms with E-state index in [4.69, 9.17) is 4.98 Å². The van der Waals surface area contributed by atoms with Crippen LogP contribution in [0.5, 0.6) is 0 Å². The van der Waals surface area contributed by atoms with Gasteiger partial charge in [-0.05, 0) is 22.3 Å². The van der Waals surface area contributed by atoms with Crippen LogP contribution in [0.2, 0.25) is 0 Å². The Morgan fingerprint density at radius 2 is 1.26 bits per heavy atom. The minimum Gasteiger partial charge on any atom is -0.357 e. The van der Waals surface area contributed by atoms with Crippen LogP contribution in [0.15, 0.2) is 134 Å². The summed E-state index contributed by atoms with van der Waals surface area (Å²) in [7, 11) is 1.57. The molecule has 2 amide bonds. The van der Waals surface area contributed by atoms with Crippen molar-refractivity contribution in [1.29, 1.82) is 0 Å². The summed E-state index contributed by atoms with van der Waals surface area (Å²) in [5.41, 5.74) is 4.29. The average molecular weight is 558 g/mol. The van der Waals surface area contributed by atoms with E-state index >= 15 is 0 Å². The first kappa shape index (κ1) is 28.5. The molecule has 0 aliphatic carbocycles. The smallest absolute Gasteiger partial charge is 0.242 e. The number of amides is 2. The summed E-state index contributed by atoms with van der Waals surface area (Å²) < 4.78 is 2.10. The highest BCUT2D eigenvalue weighted by Gasteiger charge is 2.38. The van der Waals surface area contributed by atoms with Gasteiger partial charge in [0.15, 0.2) is 0 Å². The van der Waals surface area contributed by atoms with Crippen LogP contribution in [0.3, 0.4) is 0 Å². The molecule has 212 valence electrons. The molecule has 0 fully saturated rings. The third-order valence-corrected chi connectivity index (χ3v) is 7.37. The third-order valence-electron chi connectivity index (χ3n) is 7.37. The van der Waals surface area contributed by atoms with Crippen LogP contribution in [0.25, 0.3) is 0 Å². The highest BCUT2D eigenvalue weighted by atomic mass is 16.2. The minimum absolute atomic E-state index is 0.0932. The Labute approximate surface area is 246 Å². The lowest BCUT2D eigenvalue weighted by molar-refractivity contribution is -0.128. The first-order valence-electron chi connectivity index (χ1n) is 14.1. The van der Waals surface area contributed by atoms with Gasteiger partial charge in [0.1, 0.15) is 11.6 Å². The van der Waals surface area contributed by atoms with E-state index in [9.17, 15) is 9.59 Å². The van der Waals surface area contributed by atoms with Crippen molar-refractivity contribution in [3.05, 3.63) is 162 Å². The zero-order chi connectivity index (χ0) is 29.2. The minimum atomic E-state index is -0.774. The van der Waals surface area contributed by atoms with Crippen molar-refractivity contribution in [3.63, 3.8) is 0 Å². The molecule has 7 heteroatoms. The quantitative estimate of drug-likeness (QED) is 0.200. The fourth-order valence-electron chi connectivity index (χ4n) is 5.39. The fraction of sp³-hybridized carbons (Fsp3) is 0.171. The summed E-state index contributed by atoms with van der Waals surface area (Å²) in [6.07, 6.45) is 4.03. The molecule has 5 rings (SSSR count). The number of rotatable bonds is 12. The number of hydrogen-bond donors (Lipinski definition) is 3. The van der Waals surface area contributed by atoms with Gasteiger partial charge in [0, 0.05) is 26.2 Å². The van der Waals surface area contributed by atoms with Crippen molar-refractivity contribution in [1.82, 2.24) is 25.5 Å². The monoisotopic (exact) mass is 557 g/mol. The highest BCUT2D eigenvalue weighted by Crippen LogP contribution is 2.40. The van der Waals surface area contributed by atoms with E-state index in [2.05, 4.69) is 56.9 Å². The number of hydrogen-bond acceptors (Lipinski definition) is 4. The summed E-state index contributed by atoms with van der Waals surface area (Å²) >= 11 is 0. The number of carbonyl (C=O) groups is 2. The molecule has 0 spiro atoms. The zero-order valence-corrected chi connectivity index (χ0v) is 23.6. The van der Waals surface area contributed by atoms with E-state index in [0.29, 0.717) is 12.2 Å². The number of nitrogens with zero attached hydrogens (tertiary/aromatic N) is 2. The van der Waals surface area contributed by atoms with E-state index in [1.165, 1.54) is 0 Å². The maximum atomic E-state index is 12.8. The second kappa shape index (κ2) is 13.6. The number of imidazole rings is 1. The SMILES string of the molecule is CNC(=O)[C@H](Cc1cn(C(c2ccccc2)(c2ccccc2)c2ccccc2)cn1)NC(=O)CNCc1ccccc1. The lowest BCUT2D eigenvalue weighted by Gasteiger charge is -2.37. The molecule has 0 saturated heterocycles. The van der Waals surface area contributed by atoms with Gasteiger partial charge in [-0.1, -0.05) is 121 Å². The Bertz CT molecular complexity index is 1470. The average Bonchev–Trinajstić information content (AvgIpc) is 3.51. The van der Waals surface area contributed by atoms with Crippen molar-refractivity contribution >= 4 is 11.8 Å². The van der Waals surface area contributed by atoms with Crippen LogP contribution in [-0.4, -0.2) is 41.0 Å².